The lowest BCUT2D eigenvalue weighted by Crippen LogP contribution is -2.59. The van der Waals surface area contributed by atoms with Gasteiger partial charge in [0.15, 0.2) is 11.6 Å². The highest BCUT2D eigenvalue weighted by Gasteiger charge is 2.41. The third-order valence-electron chi connectivity index (χ3n) is 8.51. The minimum Gasteiger partial charge on any atom is -0.361 e. The number of fused-ring (bicyclic) bond motifs is 1. The number of halogens is 1. The standard InChI is InChI=1S/C30H34FN9O/c1-6-21-17-40(28-25-23(37(4)30(41)35-28)14-15-24(32-3)33-25)22(7-2)16-39(21)26(18-10-12-20(31)13-11-18)29-34-27(19-8-9-19)36-38(29)5/h10-15,19,21-22,26H,6-9,16-17H2,1-2,4-5H3/t21-,22+,26?/m1/s1. The van der Waals surface area contributed by atoms with Gasteiger partial charge < -0.3 is 9.74 Å². The molecule has 1 saturated carbocycles. The molecule has 0 bridgehead atoms. The average molecular weight is 556 g/mol. The van der Waals surface area contributed by atoms with Crippen molar-refractivity contribution >= 4 is 22.7 Å². The third kappa shape index (κ3) is 4.86. The molecule has 4 aromatic rings. The zero-order chi connectivity index (χ0) is 28.8. The Bertz CT molecular complexity index is 1690. The van der Waals surface area contributed by atoms with Crippen molar-refractivity contribution in [1.82, 2.24) is 34.2 Å². The van der Waals surface area contributed by atoms with Gasteiger partial charge in [-0.25, -0.2) is 14.2 Å². The van der Waals surface area contributed by atoms with Crippen LogP contribution in [-0.4, -0.2) is 59.4 Å². The van der Waals surface area contributed by atoms with Crippen molar-refractivity contribution in [2.45, 2.75) is 63.6 Å². The Balaban J connectivity index is 1.44. The summed E-state index contributed by atoms with van der Waals surface area (Å²) in [5.41, 5.74) is 1.81. The molecule has 4 heterocycles. The highest BCUT2D eigenvalue weighted by atomic mass is 19.1. The van der Waals surface area contributed by atoms with Crippen LogP contribution in [0.3, 0.4) is 0 Å². The van der Waals surface area contributed by atoms with Crippen LogP contribution in [-0.2, 0) is 14.1 Å². The second-order valence-corrected chi connectivity index (χ2v) is 11.1. The third-order valence-corrected chi connectivity index (χ3v) is 8.51. The van der Waals surface area contributed by atoms with Gasteiger partial charge in [0.2, 0.25) is 5.52 Å². The van der Waals surface area contributed by atoms with Gasteiger partial charge in [0, 0.05) is 45.2 Å². The van der Waals surface area contributed by atoms with Crippen molar-refractivity contribution in [2.75, 3.05) is 18.0 Å². The van der Waals surface area contributed by atoms with Crippen molar-refractivity contribution in [1.29, 1.82) is 0 Å². The maximum atomic E-state index is 14.0. The van der Waals surface area contributed by atoms with Crippen LogP contribution in [0, 0.1) is 12.4 Å². The molecule has 1 aliphatic heterocycles. The number of hydrogen-bond acceptors (Lipinski definition) is 7. The van der Waals surface area contributed by atoms with Crippen LogP contribution in [0.5, 0.6) is 0 Å². The largest absolute Gasteiger partial charge is 0.361 e. The topological polar surface area (TPSA) is 89.3 Å². The molecule has 2 fully saturated rings. The Morgan fingerprint density at radius 3 is 2.39 bits per heavy atom. The second kappa shape index (κ2) is 10.7. The van der Waals surface area contributed by atoms with Gasteiger partial charge in [0.25, 0.3) is 5.82 Å². The Hall–Kier alpha value is -4.17. The Morgan fingerprint density at radius 1 is 1.00 bits per heavy atom. The maximum absolute atomic E-state index is 14.0. The van der Waals surface area contributed by atoms with Gasteiger partial charge in [-0.1, -0.05) is 32.6 Å². The number of piperazine rings is 1. The summed E-state index contributed by atoms with van der Waals surface area (Å²) in [7, 11) is 3.62. The van der Waals surface area contributed by atoms with Gasteiger partial charge in [0.1, 0.15) is 11.6 Å². The van der Waals surface area contributed by atoms with E-state index in [-0.39, 0.29) is 35.5 Å². The molecule has 1 unspecified atom stereocenters. The summed E-state index contributed by atoms with van der Waals surface area (Å²) >= 11 is 0. The molecule has 212 valence electrons. The van der Waals surface area contributed by atoms with E-state index in [0.29, 0.717) is 35.9 Å². The minimum atomic E-state index is -0.355. The molecule has 0 spiro atoms. The first-order valence-corrected chi connectivity index (χ1v) is 14.3. The summed E-state index contributed by atoms with van der Waals surface area (Å²) < 4.78 is 17.4. The molecule has 1 aliphatic carbocycles. The minimum absolute atomic E-state index is 0.0121. The lowest BCUT2D eigenvalue weighted by molar-refractivity contribution is 0.104. The van der Waals surface area contributed by atoms with E-state index in [9.17, 15) is 9.18 Å². The van der Waals surface area contributed by atoms with E-state index in [4.69, 9.17) is 16.7 Å². The molecular formula is C30H34FN9O. The number of benzene rings is 1. The average Bonchev–Trinajstić information content (AvgIpc) is 3.77. The van der Waals surface area contributed by atoms with Gasteiger partial charge in [-0.2, -0.15) is 10.1 Å². The molecular weight excluding hydrogens is 521 g/mol. The number of rotatable bonds is 7. The maximum Gasteiger partial charge on any atom is 0.350 e. The fourth-order valence-electron chi connectivity index (χ4n) is 6.03. The molecule has 41 heavy (non-hydrogen) atoms. The van der Waals surface area contributed by atoms with Gasteiger partial charge >= 0.3 is 5.69 Å². The van der Waals surface area contributed by atoms with Crippen LogP contribution in [0.25, 0.3) is 15.9 Å². The SMILES string of the molecule is [C-]#[N+]c1ccc2c(n1)c(N1C[C@@H](CC)N(C(c3ccc(F)cc3)c3nc(C4CC4)nn3C)C[C@@H]1CC)nc(=O)n2C. The van der Waals surface area contributed by atoms with E-state index in [1.165, 1.54) is 16.7 Å². The molecule has 6 rings (SSSR count). The predicted octanol–water partition coefficient (Wildman–Crippen LogP) is 4.49. The Kier molecular flexibility index (Phi) is 7.03. The quantitative estimate of drug-likeness (QED) is 0.311. The van der Waals surface area contributed by atoms with Crippen molar-refractivity contribution < 1.29 is 4.39 Å². The first-order chi connectivity index (χ1) is 19.8. The number of aryl methyl sites for hydroxylation is 2. The number of nitrogens with zero attached hydrogens (tertiary/aromatic N) is 9. The highest BCUT2D eigenvalue weighted by molar-refractivity contribution is 5.87. The highest BCUT2D eigenvalue weighted by Crippen LogP contribution is 2.41. The summed E-state index contributed by atoms with van der Waals surface area (Å²) in [4.78, 5) is 35.2. The Labute approximate surface area is 238 Å². The van der Waals surface area contributed by atoms with Crippen LogP contribution in [0.1, 0.15) is 68.7 Å². The molecule has 3 atom stereocenters. The van der Waals surface area contributed by atoms with Crippen molar-refractivity contribution in [3.05, 3.63) is 81.3 Å². The number of aromatic nitrogens is 6. The van der Waals surface area contributed by atoms with Crippen molar-refractivity contribution in [2.24, 2.45) is 14.1 Å². The number of anilines is 1. The molecule has 1 saturated heterocycles. The van der Waals surface area contributed by atoms with Gasteiger partial charge in [0.05, 0.1) is 11.6 Å². The molecule has 0 radical (unpaired) electrons. The summed E-state index contributed by atoms with van der Waals surface area (Å²) in [5, 5.41) is 4.77. The van der Waals surface area contributed by atoms with Crippen LogP contribution >= 0.6 is 0 Å². The van der Waals surface area contributed by atoms with E-state index >= 15 is 0 Å². The molecule has 0 amide bonds. The van der Waals surface area contributed by atoms with Gasteiger partial charge in [-0.3, -0.25) is 14.1 Å². The summed E-state index contributed by atoms with van der Waals surface area (Å²) in [6.45, 7) is 13.0. The molecule has 0 N–H and O–H groups in total. The Morgan fingerprint density at radius 2 is 1.73 bits per heavy atom. The summed E-state index contributed by atoms with van der Waals surface area (Å²) in [6, 6.07) is 9.96. The number of pyridine rings is 1. The van der Waals surface area contributed by atoms with Crippen LogP contribution in [0.4, 0.5) is 16.0 Å². The molecule has 2 aliphatic rings. The molecule has 3 aromatic heterocycles. The smallest absolute Gasteiger partial charge is 0.350 e. The van der Waals surface area contributed by atoms with Crippen molar-refractivity contribution in [3.8, 4) is 0 Å². The molecule has 11 heteroatoms. The molecule has 10 nitrogen and oxygen atoms in total. The zero-order valence-corrected chi connectivity index (χ0v) is 23.8. The fraction of sp³-hybridized carbons (Fsp3) is 0.467. The van der Waals surface area contributed by atoms with E-state index in [2.05, 4.69) is 38.5 Å². The predicted molar refractivity (Wildman–Crippen MR) is 154 cm³/mol. The first-order valence-electron chi connectivity index (χ1n) is 14.3. The molecule has 1 aromatic carbocycles. The van der Waals surface area contributed by atoms with Crippen LogP contribution in [0.2, 0.25) is 0 Å². The van der Waals surface area contributed by atoms with Crippen LogP contribution < -0.4 is 10.6 Å². The first kappa shape index (κ1) is 27.0. The lowest BCUT2D eigenvalue weighted by Gasteiger charge is -2.49. The van der Waals surface area contributed by atoms with E-state index in [0.717, 1.165) is 42.9 Å². The van der Waals surface area contributed by atoms with E-state index in [1.54, 1.807) is 19.2 Å². The van der Waals surface area contributed by atoms with Gasteiger partial charge in [-0.15, -0.1) is 4.98 Å². The van der Waals surface area contributed by atoms with Crippen LogP contribution in [0.15, 0.2) is 41.2 Å². The summed E-state index contributed by atoms with van der Waals surface area (Å²) in [6.07, 6.45) is 3.86. The summed E-state index contributed by atoms with van der Waals surface area (Å²) in [5.74, 6) is 2.66. The fourth-order valence-corrected chi connectivity index (χ4v) is 6.03. The lowest BCUT2D eigenvalue weighted by atomic mass is 9.95. The zero-order valence-electron chi connectivity index (χ0n) is 23.8. The van der Waals surface area contributed by atoms with E-state index in [1.807, 2.05) is 23.9 Å². The number of hydrogen-bond donors (Lipinski definition) is 0. The second-order valence-electron chi connectivity index (χ2n) is 11.1. The van der Waals surface area contributed by atoms with Gasteiger partial charge in [-0.05, 0) is 55.5 Å². The normalized spacial score (nSPS) is 20.3. The monoisotopic (exact) mass is 555 g/mol. The van der Waals surface area contributed by atoms with E-state index < -0.39 is 0 Å². The van der Waals surface area contributed by atoms with Crippen molar-refractivity contribution in [3.63, 3.8) is 0 Å².